The van der Waals surface area contributed by atoms with E-state index in [1.165, 1.54) is 38.8 Å². The quantitative estimate of drug-likeness (QED) is 0.615. The molecule has 2 aliphatic heterocycles. The second-order valence-electron chi connectivity index (χ2n) is 8.14. The van der Waals surface area contributed by atoms with Crippen molar-refractivity contribution in [1.82, 2.24) is 4.90 Å². The number of amides is 1. The first-order chi connectivity index (χ1) is 14.6. The number of hydrogen-bond donors (Lipinski definition) is 1. The molecule has 0 unspecified atom stereocenters. The van der Waals surface area contributed by atoms with Crippen LogP contribution in [0, 0.1) is 5.92 Å². The van der Waals surface area contributed by atoms with Crippen molar-refractivity contribution in [1.29, 1.82) is 0 Å². The van der Waals surface area contributed by atoms with Crippen molar-refractivity contribution < 1.29 is 14.3 Å². The van der Waals surface area contributed by atoms with Crippen molar-refractivity contribution in [3.63, 3.8) is 0 Å². The van der Waals surface area contributed by atoms with E-state index in [9.17, 15) is 9.59 Å². The predicted octanol–water partition coefficient (Wildman–Crippen LogP) is 5.12. The van der Waals surface area contributed by atoms with Crippen molar-refractivity contribution in [3.8, 4) is 0 Å². The second-order valence-corrected chi connectivity index (χ2v) is 9.06. The van der Waals surface area contributed by atoms with Crippen LogP contribution in [0.5, 0.6) is 0 Å². The molecule has 6 heteroatoms. The lowest BCUT2D eigenvalue weighted by molar-refractivity contribution is 0.00739. The Labute approximate surface area is 185 Å². The Morgan fingerprint density at radius 3 is 2.60 bits per heavy atom. The van der Waals surface area contributed by atoms with Crippen molar-refractivity contribution in [2.45, 2.75) is 38.1 Å². The van der Waals surface area contributed by atoms with Crippen LogP contribution in [-0.2, 0) is 4.74 Å². The summed E-state index contributed by atoms with van der Waals surface area (Å²) in [5.74, 6) is -0.0551. The van der Waals surface area contributed by atoms with Gasteiger partial charge in [0.1, 0.15) is 0 Å². The van der Waals surface area contributed by atoms with E-state index in [0.29, 0.717) is 35.4 Å². The number of anilines is 1. The summed E-state index contributed by atoms with van der Waals surface area (Å²) >= 11 is 3.37. The summed E-state index contributed by atoms with van der Waals surface area (Å²) in [6.45, 7) is 2.85. The lowest BCUT2D eigenvalue weighted by Crippen LogP contribution is -2.49. The average Bonchev–Trinajstić information content (AvgIpc) is 2.78. The van der Waals surface area contributed by atoms with E-state index in [-0.39, 0.29) is 11.9 Å². The summed E-state index contributed by atoms with van der Waals surface area (Å²) in [6, 6.07) is 14.6. The van der Waals surface area contributed by atoms with Crippen LogP contribution in [0.25, 0.3) is 0 Å². The van der Waals surface area contributed by atoms with Gasteiger partial charge < -0.3 is 10.1 Å². The number of carbonyl (C=O) groups is 2. The van der Waals surface area contributed by atoms with Crippen LogP contribution in [0.2, 0.25) is 0 Å². The average molecular weight is 471 g/mol. The van der Waals surface area contributed by atoms with Crippen LogP contribution in [0.15, 0.2) is 53.0 Å². The zero-order valence-corrected chi connectivity index (χ0v) is 18.6. The largest absolute Gasteiger partial charge is 0.462 e. The number of piperidine rings is 2. The highest BCUT2D eigenvalue weighted by atomic mass is 79.9. The molecule has 0 radical (unpaired) electrons. The highest BCUT2D eigenvalue weighted by Crippen LogP contribution is 2.31. The maximum absolute atomic E-state index is 12.5. The van der Waals surface area contributed by atoms with Crippen molar-refractivity contribution in [3.05, 3.63) is 64.1 Å². The molecule has 2 fully saturated rings. The number of nitrogens with zero attached hydrogens (tertiary/aromatic N) is 1. The van der Waals surface area contributed by atoms with E-state index < -0.39 is 0 Å². The molecule has 2 aromatic rings. The fraction of sp³-hybridized carbons (Fsp3) is 0.417. The van der Waals surface area contributed by atoms with Crippen molar-refractivity contribution in [2.24, 2.45) is 5.92 Å². The Balaban J connectivity index is 1.31. The summed E-state index contributed by atoms with van der Waals surface area (Å²) in [5.41, 5.74) is 1.71. The third-order valence-corrected chi connectivity index (χ3v) is 6.62. The molecule has 0 spiro atoms. The van der Waals surface area contributed by atoms with Crippen molar-refractivity contribution >= 4 is 33.5 Å². The molecule has 5 nitrogen and oxygen atoms in total. The molecule has 0 aromatic heterocycles. The summed E-state index contributed by atoms with van der Waals surface area (Å²) in [5, 5.41) is 2.85. The standard InChI is InChI=1S/C24H27BrN2O3/c25-20-7-3-5-18(15-20)23(28)26-21-11-9-17(10-12-21)24(29)30-16-19-6-4-14-27-13-2-1-8-22(19)27/h3,5,7,9-12,15,19,22H,1-2,4,6,8,13-14,16H2,(H,26,28)/t19-,22+/m1/s1. The summed E-state index contributed by atoms with van der Waals surface area (Å²) in [4.78, 5) is 27.4. The van der Waals surface area contributed by atoms with Gasteiger partial charge in [0.25, 0.3) is 5.91 Å². The Bertz CT molecular complexity index is 898. The maximum atomic E-state index is 12.5. The first kappa shape index (κ1) is 21.1. The van der Waals surface area contributed by atoms with Gasteiger partial charge in [-0.3, -0.25) is 9.69 Å². The Kier molecular flexibility index (Phi) is 6.85. The number of nitrogens with one attached hydrogen (secondary N) is 1. The zero-order valence-electron chi connectivity index (χ0n) is 17.0. The Hall–Kier alpha value is -2.18. The predicted molar refractivity (Wildman–Crippen MR) is 121 cm³/mol. The first-order valence-electron chi connectivity index (χ1n) is 10.7. The van der Waals surface area contributed by atoms with E-state index in [0.717, 1.165) is 10.9 Å². The number of hydrogen-bond acceptors (Lipinski definition) is 4. The van der Waals surface area contributed by atoms with E-state index in [2.05, 4.69) is 26.1 Å². The highest BCUT2D eigenvalue weighted by molar-refractivity contribution is 9.10. The molecule has 4 rings (SSSR count). The maximum Gasteiger partial charge on any atom is 0.338 e. The van der Waals surface area contributed by atoms with Gasteiger partial charge in [-0.25, -0.2) is 4.79 Å². The molecular weight excluding hydrogens is 444 g/mol. The number of carbonyl (C=O) groups excluding carboxylic acids is 2. The normalized spacial score (nSPS) is 21.5. The number of fused-ring (bicyclic) bond motifs is 1. The molecule has 0 bridgehead atoms. The second kappa shape index (κ2) is 9.75. The minimum Gasteiger partial charge on any atom is -0.462 e. The lowest BCUT2D eigenvalue weighted by atomic mass is 9.84. The number of rotatable bonds is 5. The molecule has 2 heterocycles. The zero-order chi connectivity index (χ0) is 20.9. The third kappa shape index (κ3) is 5.10. The van der Waals surface area contributed by atoms with Gasteiger partial charge in [-0.05, 0) is 81.2 Å². The molecular formula is C24H27BrN2O3. The van der Waals surface area contributed by atoms with Crippen LogP contribution in [0.1, 0.15) is 52.8 Å². The van der Waals surface area contributed by atoms with Crippen LogP contribution in [0.3, 0.4) is 0 Å². The summed E-state index contributed by atoms with van der Waals surface area (Å²) < 4.78 is 6.51. The topological polar surface area (TPSA) is 58.6 Å². The van der Waals surface area contributed by atoms with E-state index in [4.69, 9.17) is 4.74 Å². The molecule has 2 saturated heterocycles. The minimum absolute atomic E-state index is 0.194. The van der Waals surface area contributed by atoms with Gasteiger partial charge in [-0.15, -0.1) is 0 Å². The summed E-state index contributed by atoms with van der Waals surface area (Å²) in [6.07, 6.45) is 6.10. The van der Waals surface area contributed by atoms with Gasteiger partial charge >= 0.3 is 5.97 Å². The third-order valence-electron chi connectivity index (χ3n) is 6.12. The SMILES string of the molecule is O=C(Nc1ccc(C(=O)OC[C@H]2CCCN3CCCC[C@@H]23)cc1)c1cccc(Br)c1. The van der Waals surface area contributed by atoms with E-state index in [1.54, 1.807) is 36.4 Å². The number of benzene rings is 2. The molecule has 0 aliphatic carbocycles. The number of esters is 1. The minimum atomic E-state index is -0.298. The van der Waals surface area contributed by atoms with Gasteiger partial charge in [-0.2, -0.15) is 0 Å². The Morgan fingerprint density at radius 2 is 1.80 bits per heavy atom. The van der Waals surface area contributed by atoms with Crippen LogP contribution in [-0.4, -0.2) is 42.5 Å². The number of ether oxygens (including phenoxy) is 1. The molecule has 158 valence electrons. The van der Waals surface area contributed by atoms with Gasteiger partial charge in [0.2, 0.25) is 0 Å². The molecule has 30 heavy (non-hydrogen) atoms. The van der Waals surface area contributed by atoms with Crippen LogP contribution in [0.4, 0.5) is 5.69 Å². The molecule has 2 atom stereocenters. The smallest absolute Gasteiger partial charge is 0.338 e. The highest BCUT2D eigenvalue weighted by Gasteiger charge is 2.33. The number of halogens is 1. The fourth-order valence-electron chi connectivity index (χ4n) is 4.56. The Morgan fingerprint density at radius 1 is 1.00 bits per heavy atom. The van der Waals surface area contributed by atoms with Gasteiger partial charge in [0, 0.05) is 27.7 Å². The van der Waals surface area contributed by atoms with Crippen molar-refractivity contribution in [2.75, 3.05) is 25.0 Å². The van der Waals surface area contributed by atoms with Gasteiger partial charge in [0.15, 0.2) is 0 Å². The summed E-state index contributed by atoms with van der Waals surface area (Å²) in [7, 11) is 0. The van der Waals surface area contributed by atoms with E-state index in [1.807, 2.05) is 12.1 Å². The van der Waals surface area contributed by atoms with Gasteiger partial charge in [0.05, 0.1) is 12.2 Å². The molecule has 2 aliphatic rings. The van der Waals surface area contributed by atoms with E-state index >= 15 is 0 Å². The van der Waals surface area contributed by atoms with Gasteiger partial charge in [-0.1, -0.05) is 28.4 Å². The molecule has 0 saturated carbocycles. The molecule has 1 N–H and O–H groups in total. The lowest BCUT2D eigenvalue weighted by Gasteiger charge is -2.44. The monoisotopic (exact) mass is 470 g/mol. The first-order valence-corrected chi connectivity index (χ1v) is 11.5. The fourth-order valence-corrected chi connectivity index (χ4v) is 4.96. The molecule has 1 amide bonds. The van der Waals surface area contributed by atoms with Crippen LogP contribution < -0.4 is 5.32 Å². The van der Waals surface area contributed by atoms with Crippen LogP contribution >= 0.6 is 15.9 Å². The molecule has 2 aromatic carbocycles.